The molecule has 3 rings (SSSR count). The monoisotopic (exact) mass is 288 g/mol. The second-order valence-corrected chi connectivity index (χ2v) is 7.14. The van der Waals surface area contributed by atoms with Gasteiger partial charge in [-0.05, 0) is 23.3 Å². The van der Waals surface area contributed by atoms with Crippen molar-refractivity contribution in [2.24, 2.45) is 0 Å². The van der Waals surface area contributed by atoms with Crippen LogP contribution < -0.4 is 10.1 Å². The van der Waals surface area contributed by atoms with Gasteiger partial charge in [-0.25, -0.2) is 4.98 Å². The van der Waals surface area contributed by atoms with Crippen molar-refractivity contribution in [3.05, 3.63) is 45.4 Å². The van der Waals surface area contributed by atoms with Gasteiger partial charge in [0.2, 0.25) is 0 Å². The lowest BCUT2D eigenvalue weighted by Gasteiger charge is -2.14. The van der Waals surface area contributed by atoms with Crippen LogP contribution >= 0.6 is 11.3 Å². The second-order valence-electron chi connectivity index (χ2n) is 6.20. The first-order valence-corrected chi connectivity index (χ1v) is 7.80. The molecule has 106 valence electrons. The van der Waals surface area contributed by atoms with Crippen LogP contribution in [0.15, 0.2) is 23.6 Å². The van der Waals surface area contributed by atoms with Crippen molar-refractivity contribution in [1.29, 1.82) is 0 Å². The van der Waals surface area contributed by atoms with E-state index in [-0.39, 0.29) is 5.41 Å². The summed E-state index contributed by atoms with van der Waals surface area (Å²) < 4.78 is 5.86. The highest BCUT2D eigenvalue weighted by Gasteiger charge is 2.17. The maximum atomic E-state index is 5.86. The fourth-order valence-corrected chi connectivity index (χ4v) is 3.16. The Morgan fingerprint density at radius 3 is 2.80 bits per heavy atom. The number of nitrogens with zero attached hydrogens (tertiary/aromatic N) is 1. The number of ether oxygens (including phenoxy) is 1. The predicted molar refractivity (Wildman–Crippen MR) is 82.1 cm³/mol. The van der Waals surface area contributed by atoms with E-state index in [1.165, 1.54) is 11.1 Å². The first-order chi connectivity index (χ1) is 9.52. The molecule has 20 heavy (non-hydrogen) atoms. The summed E-state index contributed by atoms with van der Waals surface area (Å²) in [6.45, 7) is 9.00. The quantitative estimate of drug-likeness (QED) is 0.936. The van der Waals surface area contributed by atoms with E-state index < -0.39 is 0 Å². The molecule has 1 aliphatic rings. The molecule has 4 heteroatoms. The van der Waals surface area contributed by atoms with Crippen molar-refractivity contribution in [1.82, 2.24) is 10.3 Å². The van der Waals surface area contributed by atoms with Crippen LogP contribution in [0.4, 0.5) is 0 Å². The molecule has 1 aliphatic heterocycles. The topological polar surface area (TPSA) is 34.1 Å². The standard InChI is InChI=1S/C16H20N2OS/c1-16(2,3)14-10-20-15(18-14)9-19-13-5-4-11-7-17-8-12(11)6-13/h4-6,10,17H,7-9H2,1-3H3. The average Bonchev–Trinajstić information content (AvgIpc) is 3.04. The van der Waals surface area contributed by atoms with E-state index in [1.807, 2.05) is 6.07 Å². The maximum Gasteiger partial charge on any atom is 0.140 e. The van der Waals surface area contributed by atoms with Crippen LogP contribution in [0.5, 0.6) is 5.75 Å². The fraction of sp³-hybridized carbons (Fsp3) is 0.438. The van der Waals surface area contributed by atoms with Crippen LogP contribution in [-0.4, -0.2) is 4.98 Å². The molecule has 2 aromatic rings. The van der Waals surface area contributed by atoms with Gasteiger partial charge < -0.3 is 10.1 Å². The van der Waals surface area contributed by atoms with Gasteiger partial charge in [0.15, 0.2) is 0 Å². The molecule has 0 saturated heterocycles. The van der Waals surface area contributed by atoms with E-state index in [2.05, 4.69) is 48.6 Å². The van der Waals surface area contributed by atoms with Crippen molar-refractivity contribution in [3.8, 4) is 5.75 Å². The number of thiazole rings is 1. The summed E-state index contributed by atoms with van der Waals surface area (Å²) in [5.74, 6) is 0.931. The van der Waals surface area contributed by atoms with Crippen molar-refractivity contribution >= 4 is 11.3 Å². The van der Waals surface area contributed by atoms with Gasteiger partial charge in [-0.1, -0.05) is 26.8 Å². The lowest BCUT2D eigenvalue weighted by atomic mass is 9.93. The van der Waals surface area contributed by atoms with Gasteiger partial charge in [0.05, 0.1) is 5.69 Å². The third-order valence-electron chi connectivity index (χ3n) is 3.49. The zero-order valence-corrected chi connectivity index (χ0v) is 13.0. The van der Waals surface area contributed by atoms with Gasteiger partial charge in [-0.15, -0.1) is 11.3 Å². The second kappa shape index (κ2) is 5.19. The van der Waals surface area contributed by atoms with Crippen LogP contribution in [0.2, 0.25) is 0 Å². The summed E-state index contributed by atoms with van der Waals surface area (Å²) in [6, 6.07) is 6.32. The summed E-state index contributed by atoms with van der Waals surface area (Å²) in [7, 11) is 0. The van der Waals surface area contributed by atoms with E-state index in [0.717, 1.165) is 29.5 Å². The summed E-state index contributed by atoms with van der Waals surface area (Å²) >= 11 is 1.67. The summed E-state index contributed by atoms with van der Waals surface area (Å²) in [5.41, 5.74) is 3.96. The van der Waals surface area contributed by atoms with Crippen molar-refractivity contribution in [2.75, 3.05) is 0 Å². The van der Waals surface area contributed by atoms with Crippen LogP contribution in [0, 0.1) is 0 Å². The third kappa shape index (κ3) is 2.86. The van der Waals surface area contributed by atoms with Crippen molar-refractivity contribution in [3.63, 3.8) is 0 Å². The van der Waals surface area contributed by atoms with Gasteiger partial charge in [-0.2, -0.15) is 0 Å². The minimum atomic E-state index is 0.105. The number of hydrogen-bond acceptors (Lipinski definition) is 4. The van der Waals surface area contributed by atoms with Gasteiger partial charge in [-0.3, -0.25) is 0 Å². The highest BCUT2D eigenvalue weighted by Crippen LogP contribution is 2.26. The Kier molecular flexibility index (Phi) is 3.52. The number of fused-ring (bicyclic) bond motifs is 1. The summed E-state index contributed by atoms with van der Waals surface area (Å²) in [5, 5.41) is 6.51. The number of aromatic nitrogens is 1. The Bertz CT molecular complexity index is 613. The van der Waals surface area contributed by atoms with E-state index in [1.54, 1.807) is 11.3 Å². The summed E-state index contributed by atoms with van der Waals surface area (Å²) in [4.78, 5) is 4.65. The molecule has 3 nitrogen and oxygen atoms in total. The van der Waals surface area contributed by atoms with E-state index in [9.17, 15) is 0 Å². The predicted octanol–water partition coefficient (Wildman–Crippen LogP) is 3.62. The first kappa shape index (κ1) is 13.6. The van der Waals surface area contributed by atoms with Crippen LogP contribution in [0.25, 0.3) is 0 Å². The van der Waals surface area contributed by atoms with Gasteiger partial charge >= 0.3 is 0 Å². The molecule has 2 heterocycles. The largest absolute Gasteiger partial charge is 0.486 e. The van der Waals surface area contributed by atoms with Crippen molar-refractivity contribution < 1.29 is 4.74 Å². The zero-order valence-electron chi connectivity index (χ0n) is 12.2. The van der Waals surface area contributed by atoms with Crippen LogP contribution in [0.3, 0.4) is 0 Å². The molecule has 0 radical (unpaired) electrons. The van der Waals surface area contributed by atoms with Gasteiger partial charge in [0, 0.05) is 23.9 Å². The Hall–Kier alpha value is -1.39. The zero-order chi connectivity index (χ0) is 14.2. The normalized spacial score (nSPS) is 14.3. The lowest BCUT2D eigenvalue weighted by molar-refractivity contribution is 0.304. The van der Waals surface area contributed by atoms with E-state index >= 15 is 0 Å². The smallest absolute Gasteiger partial charge is 0.140 e. The van der Waals surface area contributed by atoms with E-state index in [0.29, 0.717) is 6.61 Å². The van der Waals surface area contributed by atoms with Gasteiger partial charge in [0.25, 0.3) is 0 Å². The highest BCUT2D eigenvalue weighted by atomic mass is 32.1. The van der Waals surface area contributed by atoms with Crippen molar-refractivity contribution in [2.45, 2.75) is 45.9 Å². The highest BCUT2D eigenvalue weighted by molar-refractivity contribution is 7.09. The minimum Gasteiger partial charge on any atom is -0.486 e. The summed E-state index contributed by atoms with van der Waals surface area (Å²) in [6.07, 6.45) is 0. The number of rotatable bonds is 3. The molecule has 1 aromatic carbocycles. The molecule has 0 saturated carbocycles. The maximum absolute atomic E-state index is 5.86. The molecule has 1 N–H and O–H groups in total. The minimum absolute atomic E-state index is 0.105. The van der Waals surface area contributed by atoms with E-state index in [4.69, 9.17) is 4.74 Å². The van der Waals surface area contributed by atoms with Crippen LogP contribution in [0.1, 0.15) is 42.6 Å². The average molecular weight is 288 g/mol. The first-order valence-electron chi connectivity index (χ1n) is 6.92. The molecule has 0 unspecified atom stereocenters. The molecule has 1 aromatic heterocycles. The molecule has 0 amide bonds. The molecule has 0 aliphatic carbocycles. The molecule has 0 spiro atoms. The Morgan fingerprint density at radius 2 is 2.05 bits per heavy atom. The Balaban J connectivity index is 1.66. The SMILES string of the molecule is CC(C)(C)c1csc(COc2ccc3c(c2)CNC3)n1. The van der Waals surface area contributed by atoms with Crippen LogP contribution in [-0.2, 0) is 25.1 Å². The van der Waals surface area contributed by atoms with Gasteiger partial charge in [0.1, 0.15) is 17.4 Å². The third-order valence-corrected chi connectivity index (χ3v) is 4.31. The molecular weight excluding hydrogens is 268 g/mol. The molecular formula is C16H20N2OS. The molecule has 0 fully saturated rings. The molecule has 0 bridgehead atoms. The lowest BCUT2D eigenvalue weighted by Crippen LogP contribution is -2.11. The number of nitrogens with one attached hydrogen (secondary N) is 1. The fourth-order valence-electron chi connectivity index (χ4n) is 2.23. The number of benzene rings is 1. The molecule has 0 atom stereocenters. The Labute approximate surface area is 124 Å². The Morgan fingerprint density at radius 1 is 1.25 bits per heavy atom. The number of hydrogen-bond donors (Lipinski definition) is 1.